The Hall–Kier alpha value is -0.870. The number of amides is 1. The molecule has 1 aromatic heterocycles. The molecule has 138 valence electrons. The van der Waals surface area contributed by atoms with Crippen molar-refractivity contribution in [2.24, 2.45) is 11.3 Å². The Balaban J connectivity index is 1.44. The molecule has 0 unspecified atom stereocenters. The van der Waals surface area contributed by atoms with Crippen molar-refractivity contribution in [2.75, 3.05) is 27.2 Å². The van der Waals surface area contributed by atoms with Crippen LogP contribution in [-0.4, -0.2) is 42.9 Å². The van der Waals surface area contributed by atoms with E-state index in [9.17, 15) is 4.79 Å². The standard InChI is InChI=1S/C21H32N2OS/c1-22(2)21(18-8-5-13-25-18)11-9-20(10-12-21)14-19(24)23(16-20)15-17-6-3-4-7-17/h5,8,13,17H,3-4,6-7,9-12,14-16H2,1-2H3. The molecular weight excluding hydrogens is 328 g/mol. The molecule has 3 fully saturated rings. The lowest BCUT2D eigenvalue weighted by Gasteiger charge is -2.48. The number of carbonyl (C=O) groups excluding carboxylic acids is 1. The molecule has 0 radical (unpaired) electrons. The summed E-state index contributed by atoms with van der Waals surface area (Å²) in [5.41, 5.74) is 0.438. The summed E-state index contributed by atoms with van der Waals surface area (Å²) in [6, 6.07) is 4.48. The van der Waals surface area contributed by atoms with Crippen molar-refractivity contribution < 1.29 is 4.79 Å². The van der Waals surface area contributed by atoms with Gasteiger partial charge in [-0.2, -0.15) is 0 Å². The molecule has 0 bridgehead atoms. The molecule has 25 heavy (non-hydrogen) atoms. The van der Waals surface area contributed by atoms with E-state index in [2.05, 4.69) is 41.4 Å². The van der Waals surface area contributed by atoms with Crippen molar-refractivity contribution in [3.05, 3.63) is 22.4 Å². The second kappa shape index (κ2) is 6.70. The quantitative estimate of drug-likeness (QED) is 0.790. The second-order valence-corrected chi connectivity index (χ2v) is 9.95. The van der Waals surface area contributed by atoms with E-state index >= 15 is 0 Å². The summed E-state index contributed by atoms with van der Waals surface area (Å²) in [6.45, 7) is 2.06. The first-order valence-electron chi connectivity index (χ1n) is 10.0. The number of thiophene rings is 1. The molecule has 1 spiro atoms. The highest BCUT2D eigenvalue weighted by Gasteiger charge is 2.50. The molecule has 1 amide bonds. The lowest BCUT2D eigenvalue weighted by atomic mass is 9.66. The van der Waals surface area contributed by atoms with E-state index in [0.717, 1.165) is 25.4 Å². The molecule has 4 rings (SSSR count). The number of hydrogen-bond acceptors (Lipinski definition) is 3. The molecule has 1 saturated heterocycles. The van der Waals surface area contributed by atoms with Gasteiger partial charge in [0.25, 0.3) is 0 Å². The first-order valence-corrected chi connectivity index (χ1v) is 10.9. The van der Waals surface area contributed by atoms with Crippen molar-refractivity contribution in [2.45, 2.75) is 63.3 Å². The van der Waals surface area contributed by atoms with E-state index in [4.69, 9.17) is 0 Å². The summed E-state index contributed by atoms with van der Waals surface area (Å²) < 4.78 is 0. The fourth-order valence-corrected chi connectivity index (χ4v) is 6.71. The van der Waals surface area contributed by atoms with Gasteiger partial charge in [0.2, 0.25) is 5.91 Å². The van der Waals surface area contributed by atoms with Crippen LogP contribution in [0.5, 0.6) is 0 Å². The van der Waals surface area contributed by atoms with Gasteiger partial charge in [0.15, 0.2) is 0 Å². The van der Waals surface area contributed by atoms with Crippen LogP contribution in [0.1, 0.15) is 62.7 Å². The first-order chi connectivity index (χ1) is 12.0. The molecule has 3 nitrogen and oxygen atoms in total. The average molecular weight is 361 g/mol. The highest BCUT2D eigenvalue weighted by atomic mass is 32.1. The van der Waals surface area contributed by atoms with Gasteiger partial charge in [-0.1, -0.05) is 18.9 Å². The van der Waals surface area contributed by atoms with Crippen LogP contribution >= 0.6 is 11.3 Å². The molecular formula is C21H32N2OS. The van der Waals surface area contributed by atoms with Gasteiger partial charge in [-0.3, -0.25) is 9.69 Å². The highest BCUT2D eigenvalue weighted by Crippen LogP contribution is 2.53. The molecule has 3 aliphatic rings. The van der Waals surface area contributed by atoms with Gasteiger partial charge in [-0.05, 0) is 75.4 Å². The monoisotopic (exact) mass is 360 g/mol. The summed E-state index contributed by atoms with van der Waals surface area (Å²) >= 11 is 1.89. The second-order valence-electron chi connectivity index (χ2n) is 9.00. The Labute approximate surface area is 156 Å². The molecule has 1 aliphatic heterocycles. The zero-order valence-corrected chi connectivity index (χ0v) is 16.6. The molecule has 1 aromatic rings. The predicted molar refractivity (Wildman–Crippen MR) is 104 cm³/mol. The molecule has 0 N–H and O–H groups in total. The van der Waals surface area contributed by atoms with E-state index in [0.29, 0.717) is 5.91 Å². The van der Waals surface area contributed by atoms with E-state index in [1.807, 2.05) is 11.3 Å². The topological polar surface area (TPSA) is 23.6 Å². The average Bonchev–Trinajstić information content (AvgIpc) is 3.32. The lowest BCUT2D eigenvalue weighted by Crippen LogP contribution is -2.47. The van der Waals surface area contributed by atoms with Gasteiger partial charge >= 0.3 is 0 Å². The van der Waals surface area contributed by atoms with Crippen LogP contribution < -0.4 is 0 Å². The molecule has 0 aromatic carbocycles. The van der Waals surface area contributed by atoms with Gasteiger partial charge < -0.3 is 4.90 Å². The van der Waals surface area contributed by atoms with E-state index < -0.39 is 0 Å². The number of likely N-dealkylation sites (tertiary alicyclic amines) is 1. The third-order valence-electron chi connectivity index (χ3n) is 7.33. The van der Waals surface area contributed by atoms with E-state index in [-0.39, 0.29) is 11.0 Å². The molecule has 0 atom stereocenters. The summed E-state index contributed by atoms with van der Waals surface area (Å²) in [7, 11) is 4.45. The minimum absolute atomic E-state index is 0.182. The van der Waals surface area contributed by atoms with Crippen molar-refractivity contribution in [3.63, 3.8) is 0 Å². The number of rotatable bonds is 4. The highest BCUT2D eigenvalue weighted by molar-refractivity contribution is 7.10. The van der Waals surface area contributed by atoms with Crippen LogP contribution in [0.2, 0.25) is 0 Å². The molecule has 2 saturated carbocycles. The summed E-state index contributed by atoms with van der Waals surface area (Å²) in [4.78, 5) is 18.8. The predicted octanol–water partition coefficient (Wildman–Crippen LogP) is 4.49. The Kier molecular flexibility index (Phi) is 4.70. The van der Waals surface area contributed by atoms with Crippen LogP contribution in [0, 0.1) is 11.3 Å². The van der Waals surface area contributed by atoms with Gasteiger partial charge in [-0.25, -0.2) is 0 Å². The maximum Gasteiger partial charge on any atom is 0.223 e. The SMILES string of the molecule is CN(C)C1(c2cccs2)CCC2(CC1)CC(=O)N(CC1CCCC1)C2. The minimum atomic E-state index is 0.182. The Morgan fingerprint density at radius 2 is 1.92 bits per heavy atom. The lowest BCUT2D eigenvalue weighted by molar-refractivity contribution is -0.128. The number of carbonyl (C=O) groups is 1. The van der Waals surface area contributed by atoms with Gasteiger partial charge in [-0.15, -0.1) is 11.3 Å². The first kappa shape index (κ1) is 17.5. The Morgan fingerprint density at radius 3 is 2.52 bits per heavy atom. The van der Waals surface area contributed by atoms with Crippen LogP contribution in [0.3, 0.4) is 0 Å². The Morgan fingerprint density at radius 1 is 1.20 bits per heavy atom. The zero-order valence-electron chi connectivity index (χ0n) is 15.8. The number of hydrogen-bond donors (Lipinski definition) is 0. The van der Waals surface area contributed by atoms with E-state index in [1.54, 1.807) is 0 Å². The summed E-state index contributed by atoms with van der Waals surface area (Å²) in [5.74, 6) is 1.20. The zero-order chi connectivity index (χ0) is 17.5. The molecule has 2 aliphatic carbocycles. The summed E-state index contributed by atoms with van der Waals surface area (Å²) in [5, 5.41) is 2.20. The van der Waals surface area contributed by atoms with E-state index in [1.165, 1.54) is 56.2 Å². The van der Waals surface area contributed by atoms with Crippen molar-refractivity contribution in [3.8, 4) is 0 Å². The van der Waals surface area contributed by atoms with Gasteiger partial charge in [0.05, 0.1) is 5.54 Å². The maximum atomic E-state index is 12.7. The smallest absolute Gasteiger partial charge is 0.223 e. The van der Waals surface area contributed by atoms with Crippen molar-refractivity contribution in [1.82, 2.24) is 9.80 Å². The van der Waals surface area contributed by atoms with Crippen LogP contribution in [0.4, 0.5) is 0 Å². The summed E-state index contributed by atoms with van der Waals surface area (Å²) in [6.07, 6.45) is 10.9. The Bertz CT molecular complexity index is 595. The third kappa shape index (κ3) is 3.16. The van der Waals surface area contributed by atoms with Crippen LogP contribution in [0.15, 0.2) is 17.5 Å². The van der Waals surface area contributed by atoms with Gasteiger partial charge in [0.1, 0.15) is 0 Å². The molecule has 2 heterocycles. The largest absolute Gasteiger partial charge is 0.342 e. The maximum absolute atomic E-state index is 12.7. The number of nitrogens with zero attached hydrogens (tertiary/aromatic N) is 2. The molecule has 4 heteroatoms. The van der Waals surface area contributed by atoms with Crippen LogP contribution in [0.25, 0.3) is 0 Å². The van der Waals surface area contributed by atoms with Gasteiger partial charge in [0, 0.05) is 24.4 Å². The fourth-order valence-electron chi connectivity index (χ4n) is 5.64. The van der Waals surface area contributed by atoms with Crippen molar-refractivity contribution >= 4 is 17.2 Å². The third-order valence-corrected chi connectivity index (χ3v) is 8.40. The van der Waals surface area contributed by atoms with Crippen molar-refractivity contribution in [1.29, 1.82) is 0 Å². The minimum Gasteiger partial charge on any atom is -0.342 e. The normalized spacial score (nSPS) is 33.9. The van der Waals surface area contributed by atoms with Crippen LogP contribution in [-0.2, 0) is 10.3 Å². The fraction of sp³-hybridized carbons (Fsp3) is 0.762.